The third kappa shape index (κ3) is 2.08. The van der Waals surface area contributed by atoms with Crippen LogP contribution in [0.15, 0.2) is 18.2 Å². The van der Waals surface area contributed by atoms with Gasteiger partial charge in [-0.3, -0.25) is 0 Å². The summed E-state index contributed by atoms with van der Waals surface area (Å²) >= 11 is 0. The zero-order chi connectivity index (χ0) is 14.1. The SMILES string of the molecule is COc1ccc(-c2nnc(N)c3c2COCC3)c(F)c1. The number of nitrogen functional groups attached to an aromatic ring is 1. The van der Waals surface area contributed by atoms with E-state index in [1.807, 2.05) is 0 Å². The van der Waals surface area contributed by atoms with Crippen LogP contribution in [-0.2, 0) is 17.8 Å². The number of ether oxygens (including phenoxy) is 2. The monoisotopic (exact) mass is 275 g/mol. The number of nitrogens with two attached hydrogens (primary N) is 1. The number of nitrogens with zero attached hydrogens (tertiary/aromatic N) is 2. The van der Waals surface area contributed by atoms with E-state index in [0.29, 0.717) is 42.5 Å². The van der Waals surface area contributed by atoms with E-state index in [9.17, 15) is 4.39 Å². The molecule has 0 atom stereocenters. The van der Waals surface area contributed by atoms with Gasteiger partial charge >= 0.3 is 0 Å². The lowest BCUT2D eigenvalue weighted by Crippen LogP contribution is -2.16. The Morgan fingerprint density at radius 3 is 2.90 bits per heavy atom. The van der Waals surface area contributed by atoms with Gasteiger partial charge in [-0.05, 0) is 18.6 Å². The highest BCUT2D eigenvalue weighted by Gasteiger charge is 2.21. The average molecular weight is 275 g/mol. The van der Waals surface area contributed by atoms with Crippen molar-refractivity contribution >= 4 is 5.82 Å². The highest BCUT2D eigenvalue weighted by Crippen LogP contribution is 2.32. The summed E-state index contributed by atoms with van der Waals surface area (Å²) in [4.78, 5) is 0. The molecule has 5 nitrogen and oxygen atoms in total. The summed E-state index contributed by atoms with van der Waals surface area (Å²) in [5.41, 5.74) is 8.40. The molecule has 2 aromatic rings. The number of aromatic nitrogens is 2. The summed E-state index contributed by atoms with van der Waals surface area (Å²) in [5, 5.41) is 7.97. The molecule has 0 bridgehead atoms. The molecule has 2 N–H and O–H groups in total. The van der Waals surface area contributed by atoms with Crippen LogP contribution in [0, 0.1) is 5.82 Å². The summed E-state index contributed by atoms with van der Waals surface area (Å²) in [7, 11) is 1.49. The molecular weight excluding hydrogens is 261 g/mol. The summed E-state index contributed by atoms with van der Waals surface area (Å²) < 4.78 is 24.6. The van der Waals surface area contributed by atoms with E-state index in [1.54, 1.807) is 12.1 Å². The minimum Gasteiger partial charge on any atom is -0.497 e. The number of hydrogen-bond acceptors (Lipinski definition) is 5. The molecule has 1 aromatic heterocycles. The largest absolute Gasteiger partial charge is 0.497 e. The van der Waals surface area contributed by atoms with Crippen molar-refractivity contribution < 1.29 is 13.9 Å². The smallest absolute Gasteiger partial charge is 0.149 e. The molecule has 20 heavy (non-hydrogen) atoms. The van der Waals surface area contributed by atoms with Crippen LogP contribution in [0.2, 0.25) is 0 Å². The minimum absolute atomic E-state index is 0.371. The standard InChI is InChI=1S/C14H14FN3O2/c1-19-8-2-3-10(12(15)6-8)13-11-7-20-5-4-9(11)14(16)18-17-13/h2-3,6H,4-5,7H2,1H3,(H2,16,18). The Morgan fingerprint density at radius 2 is 2.15 bits per heavy atom. The lowest BCUT2D eigenvalue weighted by atomic mass is 9.98. The molecule has 6 heteroatoms. The third-order valence-corrected chi connectivity index (χ3v) is 3.39. The number of anilines is 1. The maximum absolute atomic E-state index is 14.2. The fourth-order valence-corrected chi connectivity index (χ4v) is 2.34. The molecule has 0 saturated carbocycles. The van der Waals surface area contributed by atoms with Crippen molar-refractivity contribution in [2.45, 2.75) is 13.0 Å². The second-order valence-corrected chi connectivity index (χ2v) is 4.54. The molecule has 3 rings (SSSR count). The van der Waals surface area contributed by atoms with Crippen molar-refractivity contribution in [3.8, 4) is 17.0 Å². The van der Waals surface area contributed by atoms with Crippen molar-refractivity contribution in [2.24, 2.45) is 0 Å². The molecule has 0 fully saturated rings. The highest BCUT2D eigenvalue weighted by atomic mass is 19.1. The van der Waals surface area contributed by atoms with E-state index in [1.165, 1.54) is 13.2 Å². The molecular formula is C14H14FN3O2. The van der Waals surface area contributed by atoms with Crippen molar-refractivity contribution in [1.82, 2.24) is 10.2 Å². The van der Waals surface area contributed by atoms with Gasteiger partial charge in [-0.25, -0.2) is 4.39 Å². The van der Waals surface area contributed by atoms with Crippen LogP contribution in [0.3, 0.4) is 0 Å². The molecule has 0 radical (unpaired) electrons. The Bertz CT molecular complexity index is 661. The van der Waals surface area contributed by atoms with E-state index in [2.05, 4.69) is 10.2 Å². The molecule has 1 aromatic carbocycles. The Balaban J connectivity index is 2.15. The summed E-state index contributed by atoms with van der Waals surface area (Å²) in [6, 6.07) is 4.64. The second kappa shape index (κ2) is 5.05. The summed E-state index contributed by atoms with van der Waals surface area (Å²) in [6.07, 6.45) is 0.668. The van der Waals surface area contributed by atoms with Gasteiger partial charge in [0, 0.05) is 22.8 Å². The fraction of sp³-hybridized carbons (Fsp3) is 0.286. The number of benzene rings is 1. The quantitative estimate of drug-likeness (QED) is 0.907. The number of halogens is 1. The third-order valence-electron chi connectivity index (χ3n) is 3.39. The zero-order valence-electron chi connectivity index (χ0n) is 11.0. The molecule has 1 aliphatic heterocycles. The molecule has 0 aliphatic carbocycles. The lowest BCUT2D eigenvalue weighted by Gasteiger charge is -2.20. The Morgan fingerprint density at radius 1 is 1.30 bits per heavy atom. The Labute approximate surface area is 115 Å². The van der Waals surface area contributed by atoms with Crippen LogP contribution < -0.4 is 10.5 Å². The first-order valence-corrected chi connectivity index (χ1v) is 6.26. The van der Waals surface area contributed by atoms with Crippen LogP contribution in [0.5, 0.6) is 5.75 Å². The Hall–Kier alpha value is -2.21. The maximum Gasteiger partial charge on any atom is 0.149 e. The predicted octanol–water partition coefficient (Wildman–Crippen LogP) is 1.95. The van der Waals surface area contributed by atoms with Crippen LogP contribution >= 0.6 is 0 Å². The first-order chi connectivity index (χ1) is 9.70. The first-order valence-electron chi connectivity index (χ1n) is 6.26. The summed E-state index contributed by atoms with van der Waals surface area (Å²) in [5.74, 6) is 0.442. The molecule has 0 saturated heterocycles. The minimum atomic E-state index is -0.406. The van der Waals surface area contributed by atoms with E-state index >= 15 is 0 Å². The number of fused-ring (bicyclic) bond motifs is 1. The van der Waals surface area contributed by atoms with Gasteiger partial charge in [0.25, 0.3) is 0 Å². The fourth-order valence-electron chi connectivity index (χ4n) is 2.34. The topological polar surface area (TPSA) is 70.3 Å². The van der Waals surface area contributed by atoms with E-state index in [-0.39, 0.29) is 0 Å². The van der Waals surface area contributed by atoms with Gasteiger partial charge in [-0.2, -0.15) is 0 Å². The van der Waals surface area contributed by atoms with E-state index < -0.39 is 5.82 Å². The number of methoxy groups -OCH3 is 1. The van der Waals surface area contributed by atoms with Crippen LogP contribution in [0.1, 0.15) is 11.1 Å². The van der Waals surface area contributed by atoms with Gasteiger partial charge in [0.2, 0.25) is 0 Å². The van der Waals surface area contributed by atoms with Gasteiger partial charge in [-0.15, -0.1) is 10.2 Å². The predicted molar refractivity (Wildman–Crippen MR) is 71.8 cm³/mol. The van der Waals surface area contributed by atoms with Crippen molar-refractivity contribution in [1.29, 1.82) is 0 Å². The molecule has 2 heterocycles. The molecule has 104 valence electrons. The van der Waals surface area contributed by atoms with Crippen molar-refractivity contribution in [2.75, 3.05) is 19.5 Å². The van der Waals surface area contributed by atoms with Gasteiger partial charge in [0.1, 0.15) is 23.1 Å². The van der Waals surface area contributed by atoms with E-state index in [0.717, 1.165) is 11.1 Å². The summed E-state index contributed by atoms with van der Waals surface area (Å²) in [6.45, 7) is 0.962. The van der Waals surface area contributed by atoms with Gasteiger partial charge in [0.05, 0.1) is 20.3 Å². The van der Waals surface area contributed by atoms with E-state index in [4.69, 9.17) is 15.2 Å². The Kier molecular flexibility index (Phi) is 3.23. The zero-order valence-corrected chi connectivity index (χ0v) is 11.0. The van der Waals surface area contributed by atoms with Gasteiger partial charge < -0.3 is 15.2 Å². The van der Waals surface area contributed by atoms with Crippen molar-refractivity contribution in [3.05, 3.63) is 35.1 Å². The maximum atomic E-state index is 14.2. The lowest BCUT2D eigenvalue weighted by molar-refractivity contribution is 0.111. The van der Waals surface area contributed by atoms with Crippen LogP contribution in [0.25, 0.3) is 11.3 Å². The molecule has 0 amide bonds. The van der Waals surface area contributed by atoms with Crippen LogP contribution in [0.4, 0.5) is 10.2 Å². The molecule has 0 spiro atoms. The number of hydrogen-bond donors (Lipinski definition) is 1. The first kappa shape index (κ1) is 12.8. The van der Waals surface area contributed by atoms with Gasteiger partial charge in [0.15, 0.2) is 0 Å². The highest BCUT2D eigenvalue weighted by molar-refractivity contribution is 5.68. The van der Waals surface area contributed by atoms with Crippen molar-refractivity contribution in [3.63, 3.8) is 0 Å². The second-order valence-electron chi connectivity index (χ2n) is 4.54. The molecule has 0 unspecified atom stereocenters. The van der Waals surface area contributed by atoms with Gasteiger partial charge in [-0.1, -0.05) is 0 Å². The average Bonchev–Trinajstić information content (AvgIpc) is 2.48. The normalized spacial score (nSPS) is 13.9. The van der Waals surface area contributed by atoms with Crippen LogP contribution in [-0.4, -0.2) is 23.9 Å². The molecule has 1 aliphatic rings. The number of rotatable bonds is 2.